The summed E-state index contributed by atoms with van der Waals surface area (Å²) in [6, 6.07) is 9.08. The monoisotopic (exact) mass is 171 g/mol. The molecule has 1 saturated carbocycles. The summed E-state index contributed by atoms with van der Waals surface area (Å²) in [6.45, 7) is 2.43. The third-order valence-corrected chi connectivity index (χ3v) is 3.69. The molecule has 0 bridgehead atoms. The summed E-state index contributed by atoms with van der Waals surface area (Å²) in [5.74, 6) is 0.926. The van der Waals surface area contributed by atoms with E-state index < -0.39 is 0 Å². The predicted octanol–water partition coefficient (Wildman–Crippen LogP) is -0.194. The Balaban J connectivity index is 1.97. The van der Waals surface area contributed by atoms with Crippen LogP contribution in [0.5, 0.6) is 0 Å². The number of hydrogen-bond donors (Lipinski definition) is 1. The van der Waals surface area contributed by atoms with Gasteiger partial charge in [0.15, 0.2) is 0 Å². The lowest BCUT2D eigenvalue weighted by Gasteiger charge is -2.11. The SMILES string of the molecule is Bc1ccc(C23CNCC2C3)cc1. The second kappa shape index (κ2) is 2.39. The Morgan fingerprint density at radius 2 is 2.08 bits per heavy atom. The fourth-order valence-corrected chi connectivity index (χ4v) is 2.68. The molecule has 2 atom stereocenters. The Kier molecular flexibility index (Phi) is 1.40. The molecule has 2 fully saturated rings. The Hall–Kier alpha value is -0.755. The van der Waals surface area contributed by atoms with Crippen LogP contribution in [0.2, 0.25) is 0 Å². The van der Waals surface area contributed by atoms with Crippen LogP contribution in [0.4, 0.5) is 0 Å². The van der Waals surface area contributed by atoms with Gasteiger partial charge in [0.2, 0.25) is 0 Å². The average molecular weight is 171 g/mol. The fraction of sp³-hybridized carbons (Fsp3) is 0.455. The van der Waals surface area contributed by atoms with Gasteiger partial charge in [-0.1, -0.05) is 29.7 Å². The van der Waals surface area contributed by atoms with Gasteiger partial charge in [-0.25, -0.2) is 0 Å². The van der Waals surface area contributed by atoms with Crippen LogP contribution < -0.4 is 10.8 Å². The highest BCUT2D eigenvalue weighted by Crippen LogP contribution is 2.56. The standard InChI is InChI=1S/C11H14BN/c12-10-3-1-8(2-4-10)11-5-9(11)6-13-7-11/h1-4,9,13H,5-7,12H2. The van der Waals surface area contributed by atoms with E-state index in [0.29, 0.717) is 5.41 Å². The third-order valence-electron chi connectivity index (χ3n) is 3.69. The highest BCUT2D eigenvalue weighted by Gasteiger charge is 2.57. The van der Waals surface area contributed by atoms with Crippen molar-refractivity contribution in [3.8, 4) is 0 Å². The largest absolute Gasteiger partial charge is 0.316 e. The van der Waals surface area contributed by atoms with Gasteiger partial charge in [-0.15, -0.1) is 0 Å². The second-order valence-electron chi connectivity index (χ2n) is 4.55. The Morgan fingerprint density at radius 1 is 1.31 bits per heavy atom. The van der Waals surface area contributed by atoms with E-state index in [9.17, 15) is 0 Å². The van der Waals surface area contributed by atoms with Crippen molar-refractivity contribution < 1.29 is 0 Å². The summed E-state index contributed by atoms with van der Waals surface area (Å²) >= 11 is 0. The number of hydrogen-bond acceptors (Lipinski definition) is 1. The number of benzene rings is 1. The molecule has 1 nitrogen and oxygen atoms in total. The van der Waals surface area contributed by atoms with E-state index in [-0.39, 0.29) is 0 Å². The van der Waals surface area contributed by atoms with Crippen molar-refractivity contribution in [2.45, 2.75) is 11.8 Å². The van der Waals surface area contributed by atoms with Crippen LogP contribution >= 0.6 is 0 Å². The minimum absolute atomic E-state index is 0.535. The van der Waals surface area contributed by atoms with E-state index in [2.05, 4.69) is 37.4 Å². The van der Waals surface area contributed by atoms with E-state index in [1.54, 1.807) is 5.56 Å². The molecule has 1 saturated heterocycles. The minimum Gasteiger partial charge on any atom is -0.316 e. The van der Waals surface area contributed by atoms with Crippen LogP contribution in [0, 0.1) is 5.92 Å². The molecule has 0 amide bonds. The molecule has 2 heteroatoms. The van der Waals surface area contributed by atoms with Crippen LogP contribution in [-0.2, 0) is 5.41 Å². The maximum Gasteiger partial charge on any atom is 0.139 e. The second-order valence-corrected chi connectivity index (χ2v) is 4.55. The normalized spacial score (nSPS) is 35.8. The first-order valence-corrected chi connectivity index (χ1v) is 5.09. The van der Waals surface area contributed by atoms with Gasteiger partial charge in [-0.05, 0) is 24.4 Å². The van der Waals surface area contributed by atoms with Crippen molar-refractivity contribution in [2.75, 3.05) is 13.1 Å². The average Bonchev–Trinajstić information content (AvgIpc) is 2.71. The van der Waals surface area contributed by atoms with Crippen LogP contribution in [0.15, 0.2) is 24.3 Å². The molecule has 2 unspecified atom stereocenters. The zero-order chi connectivity index (χ0) is 8.89. The minimum atomic E-state index is 0.535. The summed E-state index contributed by atoms with van der Waals surface area (Å²) in [6.07, 6.45) is 1.41. The smallest absolute Gasteiger partial charge is 0.139 e. The molecule has 1 N–H and O–H groups in total. The fourth-order valence-electron chi connectivity index (χ4n) is 2.68. The van der Waals surface area contributed by atoms with Gasteiger partial charge in [0.25, 0.3) is 0 Å². The molecule has 1 aliphatic heterocycles. The molecule has 0 aromatic heterocycles. The predicted molar refractivity (Wildman–Crippen MR) is 57.3 cm³/mol. The summed E-state index contributed by atoms with van der Waals surface area (Å²) in [4.78, 5) is 0. The first kappa shape index (κ1) is 7.63. The number of fused-ring (bicyclic) bond motifs is 1. The lowest BCUT2D eigenvalue weighted by molar-refractivity contribution is 0.676. The molecule has 1 aromatic carbocycles. The van der Waals surface area contributed by atoms with E-state index in [4.69, 9.17) is 0 Å². The van der Waals surface area contributed by atoms with Gasteiger partial charge in [0, 0.05) is 12.0 Å². The molecule has 1 aromatic rings. The Bertz CT molecular complexity index is 332. The van der Waals surface area contributed by atoms with Crippen LogP contribution in [0.1, 0.15) is 12.0 Å². The molecular weight excluding hydrogens is 157 g/mol. The highest BCUT2D eigenvalue weighted by molar-refractivity contribution is 6.32. The highest BCUT2D eigenvalue weighted by atomic mass is 15.0. The number of nitrogens with one attached hydrogen (secondary N) is 1. The molecule has 66 valence electrons. The van der Waals surface area contributed by atoms with E-state index in [0.717, 1.165) is 5.92 Å². The maximum absolute atomic E-state index is 3.48. The first-order chi connectivity index (χ1) is 6.31. The first-order valence-electron chi connectivity index (χ1n) is 5.09. The molecule has 1 aliphatic carbocycles. The maximum atomic E-state index is 3.48. The van der Waals surface area contributed by atoms with Gasteiger partial charge >= 0.3 is 0 Å². The van der Waals surface area contributed by atoms with Crippen molar-refractivity contribution >= 4 is 13.3 Å². The Morgan fingerprint density at radius 3 is 2.62 bits per heavy atom. The summed E-state index contributed by atoms with van der Waals surface area (Å²) < 4.78 is 0. The molecule has 0 spiro atoms. The zero-order valence-corrected chi connectivity index (χ0v) is 8.01. The summed E-state index contributed by atoms with van der Waals surface area (Å²) in [5.41, 5.74) is 3.45. The Labute approximate surface area is 79.9 Å². The number of piperidine rings is 1. The van der Waals surface area contributed by atoms with E-state index in [1.807, 2.05) is 0 Å². The van der Waals surface area contributed by atoms with Gasteiger partial charge < -0.3 is 5.32 Å². The molecule has 3 rings (SSSR count). The van der Waals surface area contributed by atoms with Gasteiger partial charge in [0.1, 0.15) is 7.85 Å². The van der Waals surface area contributed by atoms with Crippen molar-refractivity contribution in [3.63, 3.8) is 0 Å². The molecule has 1 heterocycles. The lowest BCUT2D eigenvalue weighted by atomic mass is 9.89. The summed E-state index contributed by atoms with van der Waals surface area (Å²) in [5, 5.41) is 3.48. The molecule has 0 radical (unpaired) electrons. The van der Waals surface area contributed by atoms with Crippen molar-refractivity contribution in [2.24, 2.45) is 5.92 Å². The van der Waals surface area contributed by atoms with E-state index >= 15 is 0 Å². The van der Waals surface area contributed by atoms with Crippen molar-refractivity contribution in [3.05, 3.63) is 29.8 Å². The van der Waals surface area contributed by atoms with Crippen LogP contribution in [-0.4, -0.2) is 20.9 Å². The third kappa shape index (κ3) is 0.984. The van der Waals surface area contributed by atoms with Gasteiger partial charge in [-0.2, -0.15) is 0 Å². The van der Waals surface area contributed by atoms with E-state index in [1.165, 1.54) is 25.0 Å². The summed E-state index contributed by atoms with van der Waals surface area (Å²) in [7, 11) is 2.15. The van der Waals surface area contributed by atoms with Gasteiger partial charge in [0.05, 0.1) is 0 Å². The van der Waals surface area contributed by atoms with Gasteiger partial charge in [-0.3, -0.25) is 0 Å². The topological polar surface area (TPSA) is 12.0 Å². The van der Waals surface area contributed by atoms with Crippen LogP contribution in [0.3, 0.4) is 0 Å². The quantitative estimate of drug-likeness (QED) is 0.577. The number of rotatable bonds is 1. The van der Waals surface area contributed by atoms with Crippen LogP contribution in [0.25, 0.3) is 0 Å². The van der Waals surface area contributed by atoms with Crippen molar-refractivity contribution in [1.29, 1.82) is 0 Å². The molecule has 2 aliphatic rings. The van der Waals surface area contributed by atoms with Crippen molar-refractivity contribution in [1.82, 2.24) is 5.32 Å². The lowest BCUT2D eigenvalue weighted by Crippen LogP contribution is -2.19. The molecular formula is C11H14BN. The zero-order valence-electron chi connectivity index (χ0n) is 8.01. The molecule has 13 heavy (non-hydrogen) atoms.